The lowest BCUT2D eigenvalue weighted by atomic mass is 10.1. The molecule has 7 nitrogen and oxygen atoms in total. The van der Waals surface area contributed by atoms with Crippen LogP contribution in [0.4, 0.5) is 0 Å². The third-order valence-corrected chi connectivity index (χ3v) is 2.56. The van der Waals surface area contributed by atoms with Crippen LogP contribution in [0.1, 0.15) is 24.8 Å². The first-order valence-electron chi connectivity index (χ1n) is 7.26. The molecule has 4 atom stereocenters. The van der Waals surface area contributed by atoms with Gasteiger partial charge in [0.15, 0.2) is 23.9 Å². The Labute approximate surface area is 119 Å². The zero-order valence-electron chi connectivity index (χ0n) is 12.9. The van der Waals surface area contributed by atoms with Crippen molar-refractivity contribution in [1.29, 1.82) is 0 Å². The van der Waals surface area contributed by atoms with Gasteiger partial charge in [0.25, 0.3) is 0 Å². The highest BCUT2D eigenvalue weighted by Crippen LogP contribution is 2.26. The summed E-state index contributed by atoms with van der Waals surface area (Å²) in [6, 6.07) is 0. The third kappa shape index (κ3) is 4.68. The number of halogens is 1. The molecule has 19 heavy (non-hydrogen) atoms. The van der Waals surface area contributed by atoms with Crippen molar-refractivity contribution < 1.29 is 37.4 Å². The second-order valence-electron chi connectivity index (χ2n) is 3.62. The molecule has 108 valence electrons. The molecule has 1 fully saturated rings. The lowest BCUT2D eigenvalue weighted by Gasteiger charge is -2.38. The summed E-state index contributed by atoms with van der Waals surface area (Å²) in [6.07, 6.45) is -3.71. The van der Waals surface area contributed by atoms with Gasteiger partial charge in [-0.3, -0.25) is 14.4 Å². The molecule has 1 saturated heterocycles. The zero-order chi connectivity index (χ0) is 16.7. The highest BCUT2D eigenvalue weighted by Gasteiger charge is 2.46. The number of carbonyl (C=O) groups is 3. The van der Waals surface area contributed by atoms with Gasteiger partial charge in [-0.15, -0.1) is 0 Å². The van der Waals surface area contributed by atoms with E-state index in [9.17, 15) is 14.4 Å². The predicted molar refractivity (Wildman–Crippen MR) is 62.3 cm³/mol. The second kappa shape index (κ2) is 6.72. The topological polar surface area (TPSA) is 88.1 Å². The summed E-state index contributed by atoms with van der Waals surface area (Å²) in [5.74, 6) is -2.76. The summed E-state index contributed by atoms with van der Waals surface area (Å²) < 4.78 is 40.6. The Balaban J connectivity index is 2.92. The van der Waals surface area contributed by atoms with Crippen LogP contribution in [0.2, 0.25) is 0 Å². The van der Waals surface area contributed by atoms with Crippen LogP contribution in [0.15, 0.2) is 0 Å². The molecular weight excluding hydrogens is 280 g/mol. The molecule has 1 aliphatic rings. The number of alkyl halides is 1. The van der Waals surface area contributed by atoms with Crippen LogP contribution in [0, 0.1) is 0 Å². The van der Waals surface area contributed by atoms with E-state index in [1.807, 2.05) is 0 Å². The smallest absolute Gasteiger partial charge is 0.303 e. The van der Waals surface area contributed by atoms with Gasteiger partial charge >= 0.3 is 17.9 Å². The molecule has 0 saturated carbocycles. The normalized spacial score (nSPS) is 32.4. The fourth-order valence-electron chi connectivity index (χ4n) is 1.57. The van der Waals surface area contributed by atoms with Gasteiger partial charge < -0.3 is 18.9 Å². The average Bonchev–Trinajstić information content (AvgIpc) is 2.52. The van der Waals surface area contributed by atoms with E-state index in [1.54, 1.807) is 0 Å². The molecule has 0 aromatic rings. The molecule has 1 aliphatic heterocycles. The number of ether oxygens (including phenoxy) is 4. The van der Waals surface area contributed by atoms with E-state index >= 15 is 0 Å². The maximum Gasteiger partial charge on any atom is 0.303 e. The second-order valence-corrected chi connectivity index (χ2v) is 4.05. The molecule has 1 unspecified atom stereocenters. The number of esters is 3. The molecule has 1 heterocycles. The molecule has 0 spiro atoms. The fraction of sp³-hybridized carbons (Fsp3) is 0.727. The van der Waals surface area contributed by atoms with Crippen molar-refractivity contribution in [3.05, 3.63) is 0 Å². The minimum absolute atomic E-state index is 0.231. The molecule has 0 radical (unpaired) electrons. The van der Waals surface area contributed by atoms with Crippen LogP contribution in [0.3, 0.4) is 0 Å². The summed E-state index contributed by atoms with van der Waals surface area (Å²) >= 11 is 5.86. The summed E-state index contributed by atoms with van der Waals surface area (Å²) in [7, 11) is 0. The Morgan fingerprint density at radius 1 is 1.05 bits per heavy atom. The molecule has 0 bridgehead atoms. The Morgan fingerprint density at radius 3 is 2.16 bits per heavy atom. The Bertz CT molecular complexity index is 422. The van der Waals surface area contributed by atoms with Crippen molar-refractivity contribution in [3.63, 3.8) is 0 Å². The van der Waals surface area contributed by atoms with Crippen LogP contribution in [0.25, 0.3) is 0 Å². The first-order chi connectivity index (χ1) is 10.4. The summed E-state index contributed by atoms with van der Waals surface area (Å²) in [5, 5.41) is 0. The van der Waals surface area contributed by atoms with E-state index in [0.717, 1.165) is 0 Å². The molecule has 1 rings (SSSR count). The zero-order valence-corrected chi connectivity index (χ0v) is 10.6. The first kappa shape index (κ1) is 11.5. The third-order valence-electron chi connectivity index (χ3n) is 2.19. The van der Waals surface area contributed by atoms with Crippen molar-refractivity contribution in [3.8, 4) is 0 Å². The predicted octanol–water partition coefficient (Wildman–Crippen LogP) is 0.377. The molecule has 0 aliphatic carbocycles. The van der Waals surface area contributed by atoms with E-state index in [1.165, 1.54) is 0 Å². The lowest BCUT2D eigenvalue weighted by Crippen LogP contribution is -2.55. The van der Waals surface area contributed by atoms with Crippen molar-refractivity contribution in [1.82, 2.24) is 0 Å². The minimum Gasteiger partial charge on any atom is -0.456 e. The molecular formula is C11H15ClO7. The Morgan fingerprint density at radius 2 is 1.58 bits per heavy atom. The maximum absolute atomic E-state index is 11.3. The quantitative estimate of drug-likeness (QED) is 0.422. The van der Waals surface area contributed by atoms with Gasteiger partial charge in [-0.25, -0.2) is 0 Å². The number of carbonyl (C=O) groups excluding carboxylic acids is 3. The summed E-state index contributed by atoms with van der Waals surface area (Å²) in [6.45, 7) is -2.26. The summed E-state index contributed by atoms with van der Waals surface area (Å²) in [4.78, 5) is 33.8. The van der Waals surface area contributed by atoms with Gasteiger partial charge in [0.1, 0.15) is 0 Å². The minimum atomic E-state index is -1.30. The van der Waals surface area contributed by atoms with Crippen molar-refractivity contribution >= 4 is 29.5 Å². The molecule has 8 heteroatoms. The van der Waals surface area contributed by atoms with Crippen LogP contribution in [0.5, 0.6) is 0 Å². The largest absolute Gasteiger partial charge is 0.456 e. The van der Waals surface area contributed by atoms with Crippen LogP contribution in [-0.2, 0) is 33.3 Å². The lowest BCUT2D eigenvalue weighted by molar-refractivity contribution is -0.214. The van der Waals surface area contributed by atoms with E-state index in [2.05, 4.69) is 0 Å². The molecule has 0 aromatic heterocycles. The van der Waals surface area contributed by atoms with Crippen molar-refractivity contribution in [2.24, 2.45) is 0 Å². The maximum atomic E-state index is 11.3. The summed E-state index contributed by atoms with van der Waals surface area (Å²) in [5.41, 5.74) is -1.18. The fourth-order valence-corrected chi connectivity index (χ4v) is 1.84. The SMILES string of the molecule is [2H]CC(=O)O[C@H]1[C@H](OC(=O)C[2H])COC(Cl)[C@@H]1OC(=O)C[2H]. The highest BCUT2D eigenvalue weighted by atomic mass is 35.5. The van der Waals surface area contributed by atoms with Gasteiger partial charge in [0.2, 0.25) is 0 Å². The number of hydrogen-bond donors (Lipinski definition) is 0. The first-order valence-corrected chi connectivity index (χ1v) is 5.58. The van der Waals surface area contributed by atoms with Gasteiger partial charge in [0, 0.05) is 24.8 Å². The van der Waals surface area contributed by atoms with E-state index in [-0.39, 0.29) is 6.61 Å². The van der Waals surface area contributed by atoms with E-state index in [0.29, 0.717) is 0 Å². The average molecular weight is 298 g/mol. The number of rotatable bonds is 3. The molecule has 0 amide bonds. The molecule has 0 N–H and O–H groups in total. The monoisotopic (exact) mass is 297 g/mol. The number of hydrogen-bond acceptors (Lipinski definition) is 7. The highest BCUT2D eigenvalue weighted by molar-refractivity contribution is 6.20. The standard InChI is InChI=1S/C11H15ClO7/c1-5(13)17-8-4-16-11(12)10(19-7(3)15)9(8)18-6(2)14/h8-11H,4H2,1-3H3/t8-,9+,10-,11?/m1/s1/i1D,2D,3D. The van der Waals surface area contributed by atoms with Gasteiger partial charge in [-0.05, 0) is 0 Å². The van der Waals surface area contributed by atoms with Gasteiger partial charge in [-0.2, -0.15) is 0 Å². The molecule has 0 aromatic carbocycles. The van der Waals surface area contributed by atoms with Crippen molar-refractivity contribution in [2.45, 2.75) is 44.6 Å². The van der Waals surface area contributed by atoms with Crippen LogP contribution >= 0.6 is 11.6 Å². The van der Waals surface area contributed by atoms with E-state index in [4.69, 9.17) is 34.7 Å². The van der Waals surface area contributed by atoms with E-state index < -0.39 is 62.5 Å². The van der Waals surface area contributed by atoms with Crippen LogP contribution < -0.4 is 0 Å². The Hall–Kier alpha value is -1.34. The van der Waals surface area contributed by atoms with Gasteiger partial charge in [0.05, 0.1) is 6.61 Å². The Kier molecular flexibility index (Phi) is 4.06. The van der Waals surface area contributed by atoms with Crippen molar-refractivity contribution in [2.75, 3.05) is 6.61 Å². The van der Waals surface area contributed by atoms with Crippen LogP contribution in [-0.4, -0.2) is 48.4 Å². The van der Waals surface area contributed by atoms with Gasteiger partial charge in [-0.1, -0.05) is 11.6 Å².